The molecular formula is C17H23N3O4. The molecule has 2 rings (SSSR count). The fraction of sp³-hybridized carbons (Fsp3) is 0.647. The molecule has 130 valence electrons. The molecule has 1 aliphatic carbocycles. The molecule has 1 N–H and O–H groups in total. The number of nitrogens with zero attached hydrogens (tertiary/aromatic N) is 2. The van der Waals surface area contributed by atoms with Gasteiger partial charge >= 0.3 is 5.97 Å². The number of carbonyl (C=O) groups is 2. The summed E-state index contributed by atoms with van der Waals surface area (Å²) in [6.07, 6.45) is 4.83. The molecule has 1 aromatic rings. The van der Waals surface area contributed by atoms with Crippen molar-refractivity contribution in [2.45, 2.75) is 64.3 Å². The molecule has 1 fully saturated rings. The van der Waals surface area contributed by atoms with Crippen molar-refractivity contribution in [3.63, 3.8) is 0 Å². The highest BCUT2D eigenvalue weighted by molar-refractivity contribution is 5.81. The summed E-state index contributed by atoms with van der Waals surface area (Å²) < 4.78 is 10.0. The number of hydrogen-bond donors (Lipinski definition) is 1. The van der Waals surface area contributed by atoms with Crippen molar-refractivity contribution >= 4 is 11.9 Å². The summed E-state index contributed by atoms with van der Waals surface area (Å²) in [5.41, 5.74) is 0.839. The van der Waals surface area contributed by atoms with Crippen LogP contribution in [-0.4, -0.2) is 29.2 Å². The first-order valence-corrected chi connectivity index (χ1v) is 8.25. The fourth-order valence-electron chi connectivity index (χ4n) is 3.03. The maximum absolute atomic E-state index is 12.0. The van der Waals surface area contributed by atoms with Gasteiger partial charge in [0.15, 0.2) is 6.61 Å². The SMILES string of the molecule is Cc1noc(C)c1CCC(=O)OCC(=O)NC1(C#N)CCCCC1. The molecule has 1 amide bonds. The minimum absolute atomic E-state index is 0.152. The normalized spacial score (nSPS) is 16.2. The quantitative estimate of drug-likeness (QED) is 0.799. The van der Waals surface area contributed by atoms with Crippen molar-refractivity contribution in [3.8, 4) is 6.07 Å². The van der Waals surface area contributed by atoms with E-state index in [0.29, 0.717) is 25.0 Å². The van der Waals surface area contributed by atoms with Gasteiger partial charge in [0.25, 0.3) is 5.91 Å². The van der Waals surface area contributed by atoms with Crippen molar-refractivity contribution in [1.29, 1.82) is 5.26 Å². The van der Waals surface area contributed by atoms with Gasteiger partial charge in [0.2, 0.25) is 0 Å². The smallest absolute Gasteiger partial charge is 0.306 e. The summed E-state index contributed by atoms with van der Waals surface area (Å²) in [6, 6.07) is 2.20. The number of nitriles is 1. The maximum atomic E-state index is 12.0. The zero-order valence-electron chi connectivity index (χ0n) is 14.2. The highest BCUT2D eigenvalue weighted by Gasteiger charge is 2.33. The van der Waals surface area contributed by atoms with Crippen LogP contribution < -0.4 is 5.32 Å². The lowest BCUT2D eigenvalue weighted by Gasteiger charge is -2.31. The van der Waals surface area contributed by atoms with Gasteiger partial charge in [-0.3, -0.25) is 9.59 Å². The average Bonchev–Trinajstić information content (AvgIpc) is 2.90. The van der Waals surface area contributed by atoms with Crippen LogP contribution in [0.1, 0.15) is 55.5 Å². The van der Waals surface area contributed by atoms with Crippen LogP contribution >= 0.6 is 0 Å². The molecule has 7 heteroatoms. The Morgan fingerprint density at radius 3 is 2.62 bits per heavy atom. The number of nitrogens with one attached hydrogen (secondary N) is 1. The maximum Gasteiger partial charge on any atom is 0.306 e. The van der Waals surface area contributed by atoms with Gasteiger partial charge in [-0.25, -0.2) is 0 Å². The predicted molar refractivity (Wildman–Crippen MR) is 84.8 cm³/mol. The van der Waals surface area contributed by atoms with Crippen molar-refractivity contribution < 1.29 is 18.8 Å². The number of esters is 1. The van der Waals surface area contributed by atoms with Gasteiger partial charge in [-0.2, -0.15) is 5.26 Å². The van der Waals surface area contributed by atoms with Crippen LogP contribution in [0.25, 0.3) is 0 Å². The Morgan fingerprint density at radius 2 is 2.04 bits per heavy atom. The highest BCUT2D eigenvalue weighted by Crippen LogP contribution is 2.27. The predicted octanol–water partition coefficient (Wildman–Crippen LogP) is 2.11. The number of carbonyl (C=O) groups excluding carboxylic acids is 2. The molecule has 0 atom stereocenters. The molecule has 0 saturated heterocycles. The number of hydrogen-bond acceptors (Lipinski definition) is 6. The first-order valence-electron chi connectivity index (χ1n) is 8.25. The average molecular weight is 333 g/mol. The molecule has 0 aromatic carbocycles. The Hall–Kier alpha value is -2.36. The van der Waals surface area contributed by atoms with E-state index < -0.39 is 17.4 Å². The first-order chi connectivity index (χ1) is 11.5. The Balaban J connectivity index is 1.75. The Bertz CT molecular complexity index is 619. The molecule has 0 bridgehead atoms. The Labute approximate surface area is 141 Å². The second-order valence-corrected chi connectivity index (χ2v) is 6.27. The van der Waals surface area contributed by atoms with Gasteiger partial charge in [-0.1, -0.05) is 24.4 Å². The van der Waals surface area contributed by atoms with Crippen molar-refractivity contribution in [2.24, 2.45) is 0 Å². The minimum atomic E-state index is -0.807. The van der Waals surface area contributed by atoms with E-state index in [1.165, 1.54) is 0 Å². The van der Waals surface area contributed by atoms with Crippen LogP contribution in [0.15, 0.2) is 4.52 Å². The van der Waals surface area contributed by atoms with E-state index >= 15 is 0 Å². The first kappa shape index (κ1) is 18.0. The van der Waals surface area contributed by atoms with Gasteiger partial charge in [0, 0.05) is 12.0 Å². The van der Waals surface area contributed by atoms with E-state index in [0.717, 1.165) is 30.5 Å². The van der Waals surface area contributed by atoms with Crippen LogP contribution in [0.4, 0.5) is 0 Å². The molecular weight excluding hydrogens is 310 g/mol. The minimum Gasteiger partial charge on any atom is -0.456 e. The molecule has 1 heterocycles. The molecule has 0 aliphatic heterocycles. The lowest BCUT2D eigenvalue weighted by Crippen LogP contribution is -2.50. The van der Waals surface area contributed by atoms with E-state index in [9.17, 15) is 14.9 Å². The number of rotatable bonds is 6. The third-order valence-corrected chi connectivity index (χ3v) is 4.42. The molecule has 0 spiro atoms. The van der Waals surface area contributed by atoms with Crippen LogP contribution in [-0.2, 0) is 20.7 Å². The van der Waals surface area contributed by atoms with E-state index in [2.05, 4.69) is 16.5 Å². The number of ether oxygens (including phenoxy) is 1. The van der Waals surface area contributed by atoms with Crippen LogP contribution in [0.3, 0.4) is 0 Å². The topological polar surface area (TPSA) is 105 Å². The summed E-state index contributed by atoms with van der Waals surface area (Å²) in [6.45, 7) is 3.25. The van der Waals surface area contributed by atoms with Crippen molar-refractivity contribution in [3.05, 3.63) is 17.0 Å². The standard InChI is InChI=1S/C17H23N3O4/c1-12-14(13(2)24-20-12)6-7-16(22)23-10-15(21)19-17(11-18)8-4-3-5-9-17/h3-10H2,1-2H3,(H,19,21). The molecule has 0 unspecified atom stereocenters. The summed E-state index contributed by atoms with van der Waals surface area (Å²) in [4.78, 5) is 23.7. The Morgan fingerprint density at radius 1 is 1.33 bits per heavy atom. The summed E-state index contributed by atoms with van der Waals surface area (Å²) in [7, 11) is 0. The van der Waals surface area contributed by atoms with Gasteiger partial charge in [0.05, 0.1) is 11.8 Å². The lowest BCUT2D eigenvalue weighted by atomic mass is 9.83. The van der Waals surface area contributed by atoms with Crippen molar-refractivity contribution in [1.82, 2.24) is 10.5 Å². The van der Waals surface area contributed by atoms with Crippen LogP contribution in [0.2, 0.25) is 0 Å². The van der Waals surface area contributed by atoms with Crippen LogP contribution in [0.5, 0.6) is 0 Å². The van der Waals surface area contributed by atoms with Gasteiger partial charge in [0.1, 0.15) is 11.3 Å². The van der Waals surface area contributed by atoms with Gasteiger partial charge in [-0.05, 0) is 33.1 Å². The second kappa shape index (κ2) is 7.95. The highest BCUT2D eigenvalue weighted by atomic mass is 16.5. The fourth-order valence-corrected chi connectivity index (χ4v) is 3.03. The summed E-state index contributed by atoms with van der Waals surface area (Å²) >= 11 is 0. The molecule has 1 saturated carbocycles. The Kier molecular flexibility index (Phi) is 5.96. The number of aromatic nitrogens is 1. The monoisotopic (exact) mass is 333 g/mol. The third kappa shape index (κ3) is 4.57. The van der Waals surface area contributed by atoms with E-state index in [1.54, 1.807) is 6.92 Å². The molecule has 1 aliphatic rings. The van der Waals surface area contributed by atoms with Crippen molar-refractivity contribution in [2.75, 3.05) is 6.61 Å². The van der Waals surface area contributed by atoms with Crippen LogP contribution in [0, 0.1) is 25.2 Å². The summed E-state index contributed by atoms with van der Waals surface area (Å²) in [5, 5.41) is 15.9. The van der Waals surface area contributed by atoms with Gasteiger partial charge in [-0.15, -0.1) is 0 Å². The zero-order chi connectivity index (χ0) is 17.6. The molecule has 24 heavy (non-hydrogen) atoms. The third-order valence-electron chi connectivity index (χ3n) is 4.42. The zero-order valence-corrected chi connectivity index (χ0v) is 14.2. The van der Waals surface area contributed by atoms with E-state index in [-0.39, 0.29) is 13.0 Å². The molecule has 1 aromatic heterocycles. The summed E-state index contributed by atoms with van der Waals surface area (Å²) in [5.74, 6) is -0.199. The second-order valence-electron chi connectivity index (χ2n) is 6.27. The number of aryl methyl sites for hydroxylation is 2. The largest absolute Gasteiger partial charge is 0.456 e. The number of amides is 1. The van der Waals surface area contributed by atoms with E-state index in [1.807, 2.05) is 6.92 Å². The van der Waals surface area contributed by atoms with Gasteiger partial charge < -0.3 is 14.6 Å². The van der Waals surface area contributed by atoms with E-state index in [4.69, 9.17) is 9.26 Å². The molecule has 0 radical (unpaired) electrons. The molecule has 7 nitrogen and oxygen atoms in total. The lowest BCUT2D eigenvalue weighted by molar-refractivity contribution is -0.149.